The molecule has 0 unspecified atom stereocenters. The predicted molar refractivity (Wildman–Crippen MR) is 75.2 cm³/mol. The molecule has 0 aliphatic heterocycles. The Bertz CT molecular complexity index is 602. The van der Waals surface area contributed by atoms with Gasteiger partial charge in [0, 0.05) is 0 Å². The van der Waals surface area contributed by atoms with Gasteiger partial charge in [0.2, 0.25) is 0 Å². The lowest BCUT2D eigenvalue weighted by Gasteiger charge is -2.22. The minimum atomic E-state index is 1.19. The quantitative estimate of drug-likeness (QED) is 0.639. The molecule has 0 saturated heterocycles. The number of hydrogen-bond donors (Lipinski definition) is 0. The zero-order valence-electron chi connectivity index (χ0n) is 10.6. The van der Waals surface area contributed by atoms with Gasteiger partial charge < -0.3 is 0 Å². The smallest absolute Gasteiger partial charge is 0.0146 e. The number of benzene rings is 2. The molecule has 17 heavy (non-hydrogen) atoms. The fourth-order valence-electron chi connectivity index (χ4n) is 3.05. The first-order chi connectivity index (χ1) is 8.31. The van der Waals surface area contributed by atoms with E-state index < -0.39 is 0 Å². The van der Waals surface area contributed by atoms with Crippen LogP contribution in [0.25, 0.3) is 16.3 Å². The van der Waals surface area contributed by atoms with Crippen molar-refractivity contribution < 1.29 is 0 Å². The van der Waals surface area contributed by atoms with Gasteiger partial charge in [-0.3, -0.25) is 0 Å². The zero-order chi connectivity index (χ0) is 11.8. The van der Waals surface area contributed by atoms with Crippen molar-refractivity contribution in [3.8, 4) is 0 Å². The third-order valence-corrected chi connectivity index (χ3v) is 4.08. The van der Waals surface area contributed by atoms with Crippen LogP contribution in [0.5, 0.6) is 0 Å². The second kappa shape index (κ2) is 4.03. The van der Waals surface area contributed by atoms with Crippen LogP contribution < -0.4 is 0 Å². The lowest BCUT2D eigenvalue weighted by molar-refractivity contribution is 0.870. The van der Waals surface area contributed by atoms with E-state index in [2.05, 4.69) is 50.2 Å². The van der Waals surface area contributed by atoms with E-state index in [4.69, 9.17) is 0 Å². The Hall–Kier alpha value is -1.56. The fraction of sp³-hybridized carbons (Fsp3) is 0.294. The third kappa shape index (κ3) is 1.59. The molecule has 0 atom stereocenters. The van der Waals surface area contributed by atoms with Crippen molar-refractivity contribution in [2.45, 2.75) is 33.1 Å². The molecular weight excluding hydrogens is 204 g/mol. The number of fused-ring (bicyclic) bond motifs is 3. The molecule has 0 N–H and O–H groups in total. The highest BCUT2D eigenvalue weighted by molar-refractivity contribution is 5.91. The molecule has 0 amide bonds. The second-order valence-electron chi connectivity index (χ2n) is 4.89. The maximum atomic E-state index is 2.31. The molecule has 0 aromatic heterocycles. The first kappa shape index (κ1) is 10.6. The normalized spacial score (nSPS) is 15.2. The highest BCUT2D eigenvalue weighted by Crippen LogP contribution is 2.36. The molecule has 0 heterocycles. The molecule has 0 spiro atoms. The van der Waals surface area contributed by atoms with Crippen molar-refractivity contribution in [1.82, 2.24) is 0 Å². The lowest BCUT2D eigenvalue weighted by atomic mass is 9.83. The van der Waals surface area contributed by atoms with Gasteiger partial charge in [0.25, 0.3) is 0 Å². The first-order valence-electron chi connectivity index (χ1n) is 6.51. The molecule has 3 rings (SSSR count). The van der Waals surface area contributed by atoms with Crippen molar-refractivity contribution in [3.63, 3.8) is 0 Å². The zero-order valence-corrected chi connectivity index (χ0v) is 10.6. The first-order valence-corrected chi connectivity index (χ1v) is 6.51. The average Bonchev–Trinajstić information content (AvgIpc) is 2.39. The molecule has 0 radical (unpaired) electrons. The van der Waals surface area contributed by atoms with Crippen LogP contribution >= 0.6 is 0 Å². The molecule has 2 aromatic rings. The molecule has 1 aliphatic carbocycles. The molecule has 0 heteroatoms. The van der Waals surface area contributed by atoms with E-state index in [1.807, 2.05) is 0 Å². The van der Waals surface area contributed by atoms with E-state index in [0.29, 0.717) is 0 Å². The molecule has 0 saturated carbocycles. The van der Waals surface area contributed by atoms with Gasteiger partial charge in [-0.25, -0.2) is 0 Å². The van der Waals surface area contributed by atoms with E-state index in [0.717, 1.165) is 0 Å². The van der Waals surface area contributed by atoms with E-state index in [-0.39, 0.29) is 0 Å². The summed E-state index contributed by atoms with van der Waals surface area (Å²) in [5.41, 5.74) is 6.18. The summed E-state index contributed by atoms with van der Waals surface area (Å²) in [4.78, 5) is 0. The second-order valence-corrected chi connectivity index (χ2v) is 4.89. The van der Waals surface area contributed by atoms with Crippen molar-refractivity contribution in [3.05, 3.63) is 53.1 Å². The van der Waals surface area contributed by atoms with Crippen LogP contribution in [0.4, 0.5) is 0 Å². The van der Waals surface area contributed by atoms with E-state index in [1.165, 1.54) is 41.2 Å². The minimum Gasteiger partial charge on any atom is -0.0666 e. The number of hydrogen-bond acceptors (Lipinski definition) is 0. The lowest BCUT2D eigenvalue weighted by Crippen LogP contribution is -2.03. The third-order valence-electron chi connectivity index (χ3n) is 4.08. The van der Waals surface area contributed by atoms with Crippen molar-refractivity contribution in [2.24, 2.45) is 0 Å². The highest BCUT2D eigenvalue weighted by atomic mass is 14.2. The predicted octanol–water partition coefficient (Wildman–Crippen LogP) is 4.97. The van der Waals surface area contributed by atoms with Crippen LogP contribution in [0.2, 0.25) is 0 Å². The Morgan fingerprint density at radius 3 is 2.65 bits per heavy atom. The standard InChI is InChI=1S/C17H18/c1-3-13-8-11-17-15(12(13)2)10-9-14-6-4-5-7-16(14)17/h4-7,9-10H,3,8,11H2,1-2H3. The average molecular weight is 222 g/mol. The van der Waals surface area contributed by atoms with Crippen LogP contribution in [0.15, 0.2) is 42.0 Å². The Morgan fingerprint density at radius 1 is 1.00 bits per heavy atom. The summed E-state index contributed by atoms with van der Waals surface area (Å²) >= 11 is 0. The van der Waals surface area contributed by atoms with Gasteiger partial charge in [0.15, 0.2) is 0 Å². The van der Waals surface area contributed by atoms with Crippen LogP contribution in [0.3, 0.4) is 0 Å². The minimum absolute atomic E-state index is 1.19. The van der Waals surface area contributed by atoms with Crippen LogP contribution in [-0.4, -0.2) is 0 Å². The van der Waals surface area contributed by atoms with Gasteiger partial charge in [-0.2, -0.15) is 0 Å². The van der Waals surface area contributed by atoms with Gasteiger partial charge in [0.05, 0.1) is 0 Å². The van der Waals surface area contributed by atoms with Crippen molar-refractivity contribution >= 4 is 16.3 Å². The fourth-order valence-corrected chi connectivity index (χ4v) is 3.05. The molecular formula is C17H18. The molecule has 2 aromatic carbocycles. The van der Waals surface area contributed by atoms with Crippen LogP contribution in [-0.2, 0) is 6.42 Å². The maximum absolute atomic E-state index is 2.31. The Morgan fingerprint density at radius 2 is 1.82 bits per heavy atom. The SMILES string of the molecule is CCC1=C(C)c2ccc3ccccc3c2CC1. The largest absolute Gasteiger partial charge is 0.0666 e. The number of aryl methyl sites for hydroxylation is 1. The molecule has 0 bridgehead atoms. The van der Waals surface area contributed by atoms with E-state index in [1.54, 1.807) is 11.1 Å². The topological polar surface area (TPSA) is 0 Å². The molecule has 1 aliphatic rings. The Labute approximate surface area is 103 Å². The Kier molecular flexibility index (Phi) is 2.51. The van der Waals surface area contributed by atoms with Crippen molar-refractivity contribution in [1.29, 1.82) is 0 Å². The summed E-state index contributed by atoms with van der Waals surface area (Å²) in [6.07, 6.45) is 3.64. The highest BCUT2D eigenvalue weighted by Gasteiger charge is 2.16. The number of rotatable bonds is 1. The monoisotopic (exact) mass is 222 g/mol. The summed E-state index contributed by atoms with van der Waals surface area (Å²) in [7, 11) is 0. The van der Waals surface area contributed by atoms with Gasteiger partial charge in [0.1, 0.15) is 0 Å². The van der Waals surface area contributed by atoms with Crippen LogP contribution in [0.1, 0.15) is 37.8 Å². The van der Waals surface area contributed by atoms with E-state index in [9.17, 15) is 0 Å². The molecule has 0 nitrogen and oxygen atoms in total. The van der Waals surface area contributed by atoms with Gasteiger partial charge in [-0.15, -0.1) is 0 Å². The summed E-state index contributed by atoms with van der Waals surface area (Å²) in [6.45, 7) is 4.55. The van der Waals surface area contributed by atoms with Gasteiger partial charge >= 0.3 is 0 Å². The Balaban J connectivity index is 2.30. The van der Waals surface area contributed by atoms with E-state index >= 15 is 0 Å². The number of allylic oxidation sites excluding steroid dienone is 2. The summed E-state index contributed by atoms with van der Waals surface area (Å²) in [5.74, 6) is 0. The van der Waals surface area contributed by atoms with Gasteiger partial charge in [-0.05, 0) is 53.7 Å². The van der Waals surface area contributed by atoms with Crippen LogP contribution in [0, 0.1) is 0 Å². The molecule has 0 fully saturated rings. The summed E-state index contributed by atoms with van der Waals surface area (Å²) < 4.78 is 0. The summed E-state index contributed by atoms with van der Waals surface area (Å²) in [6, 6.07) is 13.3. The summed E-state index contributed by atoms with van der Waals surface area (Å²) in [5, 5.41) is 2.82. The van der Waals surface area contributed by atoms with Gasteiger partial charge in [-0.1, -0.05) is 48.9 Å². The molecule has 86 valence electrons. The van der Waals surface area contributed by atoms with Crippen molar-refractivity contribution in [2.75, 3.05) is 0 Å². The maximum Gasteiger partial charge on any atom is -0.0146 e.